The van der Waals surface area contributed by atoms with E-state index in [2.05, 4.69) is 9.97 Å². The molecule has 2 rings (SSSR count). The first-order chi connectivity index (χ1) is 8.70. The monoisotopic (exact) mass is 242 g/mol. The molecule has 0 spiro atoms. The van der Waals surface area contributed by atoms with Crippen LogP contribution in [0.1, 0.15) is 21.7 Å². The van der Waals surface area contributed by atoms with E-state index < -0.39 is 0 Å². The van der Waals surface area contributed by atoms with Crippen LogP contribution in [0.2, 0.25) is 0 Å². The van der Waals surface area contributed by atoms with Crippen LogP contribution in [0.5, 0.6) is 5.75 Å². The number of aromatic nitrogens is 2. The highest BCUT2D eigenvalue weighted by atomic mass is 16.5. The maximum atomic E-state index is 12.0. The number of nitrogens with zero attached hydrogens (tertiary/aromatic N) is 2. The summed E-state index contributed by atoms with van der Waals surface area (Å²) in [7, 11) is 1.61. The summed E-state index contributed by atoms with van der Waals surface area (Å²) in [4.78, 5) is 20.1. The Morgan fingerprint density at radius 2 is 2.00 bits per heavy atom. The zero-order valence-electron chi connectivity index (χ0n) is 10.4. The molecule has 2 aromatic rings. The number of hydrogen-bond acceptors (Lipinski definition) is 4. The number of hydrogen-bond donors (Lipinski definition) is 0. The van der Waals surface area contributed by atoms with Crippen LogP contribution in [0.3, 0.4) is 0 Å². The van der Waals surface area contributed by atoms with Gasteiger partial charge in [-0.2, -0.15) is 0 Å². The van der Waals surface area contributed by atoms with Gasteiger partial charge in [0.05, 0.1) is 13.5 Å². The van der Waals surface area contributed by atoms with Crippen LogP contribution in [0.15, 0.2) is 36.7 Å². The number of aryl methyl sites for hydroxylation is 1. The summed E-state index contributed by atoms with van der Waals surface area (Å²) in [6.07, 6.45) is 3.48. The summed E-state index contributed by atoms with van der Waals surface area (Å²) in [6, 6.07) is 7.11. The molecule has 1 aromatic heterocycles. The maximum absolute atomic E-state index is 12.0. The molecule has 92 valence electrons. The first-order valence-corrected chi connectivity index (χ1v) is 5.64. The number of Topliss-reactive ketones (excluding diaryl/α,β-unsaturated/α-hetero) is 1. The fraction of sp³-hybridized carbons (Fsp3) is 0.214. The average Bonchev–Trinajstić information content (AvgIpc) is 2.39. The summed E-state index contributed by atoms with van der Waals surface area (Å²) < 4.78 is 5.16. The lowest BCUT2D eigenvalue weighted by molar-refractivity contribution is 0.0990. The minimum absolute atomic E-state index is 0.00644. The zero-order valence-corrected chi connectivity index (χ0v) is 10.4. The molecule has 0 saturated carbocycles. The van der Waals surface area contributed by atoms with Crippen molar-refractivity contribution in [3.8, 4) is 5.75 Å². The summed E-state index contributed by atoms with van der Waals surface area (Å²) in [5.41, 5.74) is 1.60. The number of benzene rings is 1. The van der Waals surface area contributed by atoms with Gasteiger partial charge < -0.3 is 4.74 Å². The number of methoxy groups -OCH3 is 1. The lowest BCUT2D eigenvalue weighted by Gasteiger charge is -2.06. The predicted molar refractivity (Wildman–Crippen MR) is 67.8 cm³/mol. The number of rotatable bonds is 4. The molecule has 18 heavy (non-hydrogen) atoms. The van der Waals surface area contributed by atoms with Gasteiger partial charge in [-0.25, -0.2) is 9.97 Å². The highest BCUT2D eigenvalue weighted by Gasteiger charge is 2.10. The number of carbonyl (C=O) groups is 1. The Morgan fingerprint density at radius 3 is 2.61 bits per heavy atom. The Morgan fingerprint density at radius 1 is 1.28 bits per heavy atom. The Hall–Kier alpha value is -2.23. The highest BCUT2D eigenvalue weighted by Crippen LogP contribution is 2.19. The molecule has 1 aromatic carbocycles. The van der Waals surface area contributed by atoms with E-state index in [0.29, 0.717) is 11.4 Å². The molecule has 0 radical (unpaired) electrons. The molecule has 0 fully saturated rings. The lowest BCUT2D eigenvalue weighted by Crippen LogP contribution is -2.07. The standard InChI is InChI=1S/C14H14N2O2/c1-10-8-11(4-5-13(10)18-2)12(17)9-14-15-6-3-7-16-14/h3-8H,9H2,1-2H3. The first kappa shape index (κ1) is 12.2. The van der Waals surface area contributed by atoms with E-state index in [0.717, 1.165) is 11.3 Å². The lowest BCUT2D eigenvalue weighted by atomic mass is 10.0. The van der Waals surface area contributed by atoms with Gasteiger partial charge in [0.2, 0.25) is 0 Å². The van der Waals surface area contributed by atoms with Crippen LogP contribution in [0.4, 0.5) is 0 Å². The van der Waals surface area contributed by atoms with Gasteiger partial charge in [-0.15, -0.1) is 0 Å². The van der Waals surface area contributed by atoms with Crippen LogP contribution in [-0.2, 0) is 6.42 Å². The Labute approximate surface area is 106 Å². The van der Waals surface area contributed by atoms with Gasteiger partial charge in [0.15, 0.2) is 5.78 Å². The van der Waals surface area contributed by atoms with Crippen LogP contribution >= 0.6 is 0 Å². The fourth-order valence-corrected chi connectivity index (χ4v) is 1.72. The molecule has 0 aliphatic heterocycles. The second kappa shape index (κ2) is 5.40. The van der Waals surface area contributed by atoms with Gasteiger partial charge >= 0.3 is 0 Å². The molecular weight excluding hydrogens is 228 g/mol. The molecule has 4 nitrogen and oxygen atoms in total. The molecule has 0 N–H and O–H groups in total. The van der Waals surface area contributed by atoms with Crippen LogP contribution in [0.25, 0.3) is 0 Å². The van der Waals surface area contributed by atoms with Gasteiger partial charge in [-0.3, -0.25) is 4.79 Å². The van der Waals surface area contributed by atoms with E-state index in [4.69, 9.17) is 4.74 Å². The normalized spacial score (nSPS) is 10.1. The molecule has 1 heterocycles. The van der Waals surface area contributed by atoms with Gasteiger partial charge in [-0.05, 0) is 36.8 Å². The van der Waals surface area contributed by atoms with Crippen LogP contribution in [-0.4, -0.2) is 22.9 Å². The average molecular weight is 242 g/mol. The van der Waals surface area contributed by atoms with E-state index in [1.165, 1.54) is 0 Å². The van der Waals surface area contributed by atoms with Crippen LogP contribution < -0.4 is 4.74 Å². The molecule has 0 aliphatic carbocycles. The van der Waals surface area contributed by atoms with Gasteiger partial charge in [0, 0.05) is 18.0 Å². The fourth-order valence-electron chi connectivity index (χ4n) is 1.72. The minimum atomic E-state index is 0.00644. The van der Waals surface area contributed by atoms with Crippen molar-refractivity contribution in [2.75, 3.05) is 7.11 Å². The summed E-state index contributed by atoms with van der Waals surface area (Å²) in [5, 5.41) is 0. The SMILES string of the molecule is COc1ccc(C(=O)Cc2ncccn2)cc1C. The maximum Gasteiger partial charge on any atom is 0.170 e. The third-order valence-corrected chi connectivity index (χ3v) is 2.65. The van der Waals surface area contributed by atoms with Crippen molar-refractivity contribution >= 4 is 5.78 Å². The third-order valence-electron chi connectivity index (χ3n) is 2.65. The summed E-state index contributed by atoms with van der Waals surface area (Å²) >= 11 is 0. The third kappa shape index (κ3) is 2.71. The quantitative estimate of drug-likeness (QED) is 0.771. The second-order valence-corrected chi connectivity index (χ2v) is 3.95. The summed E-state index contributed by atoms with van der Waals surface area (Å²) in [6.45, 7) is 1.91. The van der Waals surface area contributed by atoms with Crippen molar-refractivity contribution in [3.63, 3.8) is 0 Å². The van der Waals surface area contributed by atoms with Gasteiger partial charge in [-0.1, -0.05) is 0 Å². The van der Waals surface area contributed by atoms with Crippen LogP contribution in [0, 0.1) is 6.92 Å². The van der Waals surface area contributed by atoms with Crippen molar-refractivity contribution in [1.29, 1.82) is 0 Å². The van der Waals surface area contributed by atoms with E-state index in [1.54, 1.807) is 37.7 Å². The highest BCUT2D eigenvalue weighted by molar-refractivity contribution is 5.97. The second-order valence-electron chi connectivity index (χ2n) is 3.95. The van der Waals surface area contributed by atoms with E-state index in [1.807, 2.05) is 13.0 Å². The van der Waals surface area contributed by atoms with Crippen molar-refractivity contribution in [3.05, 3.63) is 53.6 Å². The largest absolute Gasteiger partial charge is 0.496 e. The molecule has 4 heteroatoms. The predicted octanol–water partition coefficient (Wildman–Crippen LogP) is 2.22. The minimum Gasteiger partial charge on any atom is -0.496 e. The topological polar surface area (TPSA) is 52.1 Å². The number of ketones is 1. The molecule has 0 atom stereocenters. The van der Waals surface area contributed by atoms with Crippen molar-refractivity contribution in [2.24, 2.45) is 0 Å². The van der Waals surface area contributed by atoms with Gasteiger partial charge in [0.25, 0.3) is 0 Å². The Kier molecular flexibility index (Phi) is 3.67. The number of carbonyl (C=O) groups excluding carboxylic acids is 1. The zero-order chi connectivity index (χ0) is 13.0. The Bertz CT molecular complexity index is 553. The number of ether oxygens (including phenoxy) is 1. The van der Waals surface area contributed by atoms with E-state index in [-0.39, 0.29) is 12.2 Å². The van der Waals surface area contributed by atoms with Gasteiger partial charge in [0.1, 0.15) is 11.6 Å². The molecule has 0 bridgehead atoms. The van der Waals surface area contributed by atoms with Crippen molar-refractivity contribution in [2.45, 2.75) is 13.3 Å². The Balaban J connectivity index is 2.17. The molecular formula is C14H14N2O2. The molecule has 0 aliphatic rings. The molecule has 0 amide bonds. The van der Waals surface area contributed by atoms with E-state index in [9.17, 15) is 4.79 Å². The van der Waals surface area contributed by atoms with E-state index >= 15 is 0 Å². The smallest absolute Gasteiger partial charge is 0.170 e. The van der Waals surface area contributed by atoms with Crippen molar-refractivity contribution < 1.29 is 9.53 Å². The summed E-state index contributed by atoms with van der Waals surface area (Å²) in [5.74, 6) is 1.32. The molecule has 0 unspecified atom stereocenters. The first-order valence-electron chi connectivity index (χ1n) is 5.64. The van der Waals surface area contributed by atoms with Crippen molar-refractivity contribution in [1.82, 2.24) is 9.97 Å². The molecule has 0 saturated heterocycles.